The minimum absolute atomic E-state index is 0.381. The van der Waals surface area contributed by atoms with E-state index in [0.29, 0.717) is 22.0 Å². The highest BCUT2D eigenvalue weighted by Crippen LogP contribution is 2.21. The van der Waals surface area contributed by atoms with E-state index in [1.54, 1.807) is 24.5 Å². The Kier molecular flexibility index (Phi) is 2.57. The Balaban J connectivity index is 2.22. The number of halogens is 1. The van der Waals surface area contributed by atoms with Crippen molar-refractivity contribution in [2.75, 3.05) is 0 Å². The summed E-state index contributed by atoms with van der Waals surface area (Å²) in [6.07, 6.45) is 5.90. The molecule has 0 unspecified atom stereocenters. The Morgan fingerprint density at radius 1 is 1.22 bits per heavy atom. The number of aromatic nitrogens is 3. The summed E-state index contributed by atoms with van der Waals surface area (Å²) >= 11 is 5.92. The van der Waals surface area contributed by atoms with Gasteiger partial charge in [-0.15, -0.1) is 0 Å². The Bertz CT molecular complexity index is 736. The molecule has 5 heteroatoms. The molecule has 0 radical (unpaired) electrons. The average Bonchev–Trinajstić information content (AvgIpc) is 2.81. The van der Waals surface area contributed by atoms with Crippen molar-refractivity contribution in [1.29, 1.82) is 0 Å². The second kappa shape index (κ2) is 4.23. The van der Waals surface area contributed by atoms with Crippen molar-refractivity contribution >= 4 is 23.5 Å². The van der Waals surface area contributed by atoms with Crippen molar-refractivity contribution < 1.29 is 4.79 Å². The average molecular weight is 258 g/mol. The van der Waals surface area contributed by atoms with Crippen molar-refractivity contribution in [3.8, 4) is 11.3 Å². The standard InChI is InChI=1S/C13H8ClN3O/c14-9-3-4-13-16-11(7-17(13)6-9)10-2-1-5-15-12(10)8-18/h1-8H. The number of pyridine rings is 2. The zero-order chi connectivity index (χ0) is 12.5. The number of hydrogen-bond acceptors (Lipinski definition) is 3. The maximum absolute atomic E-state index is 11.0. The number of rotatable bonds is 2. The van der Waals surface area contributed by atoms with Gasteiger partial charge in [0.1, 0.15) is 11.3 Å². The molecule has 3 heterocycles. The highest BCUT2D eigenvalue weighted by molar-refractivity contribution is 6.30. The number of imidazole rings is 1. The third-order valence-electron chi connectivity index (χ3n) is 2.64. The molecule has 0 N–H and O–H groups in total. The first-order chi connectivity index (χ1) is 8.78. The molecule has 0 atom stereocenters. The van der Waals surface area contributed by atoms with Crippen LogP contribution in [0, 0.1) is 0 Å². The van der Waals surface area contributed by atoms with E-state index in [0.717, 1.165) is 11.9 Å². The molecule has 0 aliphatic rings. The molecule has 0 aromatic carbocycles. The van der Waals surface area contributed by atoms with Gasteiger partial charge in [0.2, 0.25) is 0 Å². The molecule has 0 amide bonds. The van der Waals surface area contributed by atoms with Crippen molar-refractivity contribution in [1.82, 2.24) is 14.4 Å². The molecule has 0 fully saturated rings. The molecule has 0 saturated carbocycles. The van der Waals surface area contributed by atoms with Crippen LogP contribution in [0.5, 0.6) is 0 Å². The predicted molar refractivity (Wildman–Crippen MR) is 68.8 cm³/mol. The largest absolute Gasteiger partial charge is 0.305 e. The Labute approximate surface area is 108 Å². The molecule has 0 bridgehead atoms. The van der Waals surface area contributed by atoms with Crippen LogP contribution in [-0.4, -0.2) is 20.7 Å². The van der Waals surface area contributed by atoms with Crippen LogP contribution in [0.2, 0.25) is 5.02 Å². The first-order valence-electron chi connectivity index (χ1n) is 5.33. The van der Waals surface area contributed by atoms with Crippen LogP contribution in [0.25, 0.3) is 16.9 Å². The SMILES string of the molecule is O=Cc1ncccc1-c1cn2cc(Cl)ccc2n1. The van der Waals surface area contributed by atoms with Gasteiger partial charge in [-0.25, -0.2) is 4.98 Å². The molecule has 0 saturated heterocycles. The van der Waals surface area contributed by atoms with Gasteiger partial charge >= 0.3 is 0 Å². The maximum Gasteiger partial charge on any atom is 0.169 e. The monoisotopic (exact) mass is 257 g/mol. The Morgan fingerprint density at radius 3 is 2.94 bits per heavy atom. The number of nitrogens with zero attached hydrogens (tertiary/aromatic N) is 3. The zero-order valence-corrected chi connectivity index (χ0v) is 10.0. The van der Waals surface area contributed by atoms with Crippen LogP contribution in [-0.2, 0) is 0 Å². The molecule has 3 aromatic rings. The van der Waals surface area contributed by atoms with E-state index >= 15 is 0 Å². The van der Waals surface area contributed by atoms with Gasteiger partial charge in [0, 0.05) is 24.2 Å². The number of fused-ring (bicyclic) bond motifs is 1. The third kappa shape index (κ3) is 1.76. The summed E-state index contributed by atoms with van der Waals surface area (Å²) in [6, 6.07) is 7.19. The summed E-state index contributed by atoms with van der Waals surface area (Å²) in [5.41, 5.74) is 2.57. The second-order valence-corrected chi connectivity index (χ2v) is 4.23. The summed E-state index contributed by atoms with van der Waals surface area (Å²) in [6.45, 7) is 0. The highest BCUT2D eigenvalue weighted by atomic mass is 35.5. The first-order valence-corrected chi connectivity index (χ1v) is 5.70. The fraction of sp³-hybridized carbons (Fsp3) is 0. The molecule has 88 valence electrons. The fourth-order valence-corrected chi connectivity index (χ4v) is 1.99. The van der Waals surface area contributed by atoms with E-state index < -0.39 is 0 Å². The molecule has 0 aliphatic heterocycles. The summed E-state index contributed by atoms with van der Waals surface area (Å²) in [7, 11) is 0. The molecular weight excluding hydrogens is 250 g/mol. The number of aldehydes is 1. The van der Waals surface area contributed by atoms with Crippen molar-refractivity contribution in [3.05, 3.63) is 53.6 Å². The fourth-order valence-electron chi connectivity index (χ4n) is 1.82. The normalized spacial score (nSPS) is 10.7. The first kappa shape index (κ1) is 10.9. The van der Waals surface area contributed by atoms with Crippen molar-refractivity contribution in [3.63, 3.8) is 0 Å². The van der Waals surface area contributed by atoms with Crippen LogP contribution < -0.4 is 0 Å². The van der Waals surface area contributed by atoms with Crippen molar-refractivity contribution in [2.24, 2.45) is 0 Å². The zero-order valence-electron chi connectivity index (χ0n) is 9.25. The van der Waals surface area contributed by atoms with E-state index in [-0.39, 0.29) is 0 Å². The van der Waals surface area contributed by atoms with Crippen LogP contribution in [0.3, 0.4) is 0 Å². The summed E-state index contributed by atoms with van der Waals surface area (Å²) in [5.74, 6) is 0. The lowest BCUT2D eigenvalue weighted by atomic mass is 10.1. The molecule has 18 heavy (non-hydrogen) atoms. The van der Waals surface area contributed by atoms with Gasteiger partial charge in [0.25, 0.3) is 0 Å². The Hall–Kier alpha value is -2.20. The predicted octanol–water partition coefficient (Wildman–Crippen LogP) is 2.86. The Morgan fingerprint density at radius 2 is 2.11 bits per heavy atom. The van der Waals surface area contributed by atoms with E-state index in [4.69, 9.17) is 11.6 Å². The lowest BCUT2D eigenvalue weighted by Gasteiger charge is -1.97. The highest BCUT2D eigenvalue weighted by Gasteiger charge is 2.09. The lowest BCUT2D eigenvalue weighted by Crippen LogP contribution is -1.90. The molecule has 3 rings (SSSR count). The minimum Gasteiger partial charge on any atom is -0.305 e. The summed E-state index contributed by atoms with van der Waals surface area (Å²) in [4.78, 5) is 19.4. The minimum atomic E-state index is 0.381. The van der Waals surface area contributed by atoms with E-state index in [1.165, 1.54) is 0 Å². The summed E-state index contributed by atoms with van der Waals surface area (Å²) < 4.78 is 1.82. The lowest BCUT2D eigenvalue weighted by molar-refractivity contribution is 0.111. The van der Waals surface area contributed by atoms with Crippen molar-refractivity contribution in [2.45, 2.75) is 0 Å². The van der Waals surface area contributed by atoms with Crippen LogP contribution >= 0.6 is 11.6 Å². The quantitative estimate of drug-likeness (QED) is 0.663. The van der Waals surface area contributed by atoms with Gasteiger partial charge in [-0.3, -0.25) is 9.78 Å². The van der Waals surface area contributed by atoms with Gasteiger partial charge in [-0.2, -0.15) is 0 Å². The molecule has 0 aliphatic carbocycles. The number of carbonyl (C=O) groups is 1. The molecule has 3 aromatic heterocycles. The number of hydrogen-bond donors (Lipinski definition) is 0. The molecular formula is C13H8ClN3O. The maximum atomic E-state index is 11.0. The smallest absolute Gasteiger partial charge is 0.169 e. The van der Waals surface area contributed by atoms with E-state index in [9.17, 15) is 4.79 Å². The second-order valence-electron chi connectivity index (χ2n) is 3.79. The van der Waals surface area contributed by atoms with E-state index in [2.05, 4.69) is 9.97 Å². The number of carbonyl (C=O) groups excluding carboxylic acids is 1. The third-order valence-corrected chi connectivity index (χ3v) is 2.86. The molecule has 4 nitrogen and oxygen atoms in total. The van der Waals surface area contributed by atoms with Gasteiger partial charge in [0.15, 0.2) is 6.29 Å². The molecule has 0 spiro atoms. The van der Waals surface area contributed by atoms with Gasteiger partial charge in [0.05, 0.1) is 10.7 Å². The van der Waals surface area contributed by atoms with Gasteiger partial charge in [-0.05, 0) is 24.3 Å². The van der Waals surface area contributed by atoms with Crippen LogP contribution in [0.1, 0.15) is 10.5 Å². The van der Waals surface area contributed by atoms with Gasteiger partial charge < -0.3 is 4.40 Å². The van der Waals surface area contributed by atoms with Gasteiger partial charge in [-0.1, -0.05) is 11.6 Å². The van der Waals surface area contributed by atoms with Crippen LogP contribution in [0.4, 0.5) is 0 Å². The van der Waals surface area contributed by atoms with Crippen LogP contribution in [0.15, 0.2) is 42.9 Å². The topological polar surface area (TPSA) is 47.3 Å². The van der Waals surface area contributed by atoms with E-state index in [1.807, 2.05) is 22.7 Å². The summed E-state index contributed by atoms with van der Waals surface area (Å²) in [5, 5.41) is 0.633.